The van der Waals surface area contributed by atoms with Gasteiger partial charge in [-0.3, -0.25) is 9.79 Å². The van der Waals surface area contributed by atoms with Crippen LogP contribution in [0.25, 0.3) is 0 Å². The number of aliphatic imine (C=N–C) groups is 1. The Morgan fingerprint density at radius 2 is 1.86 bits per heavy atom. The van der Waals surface area contributed by atoms with Crippen molar-refractivity contribution in [2.75, 3.05) is 19.6 Å². The molecule has 0 rings (SSSR count). The van der Waals surface area contributed by atoms with E-state index in [1.807, 2.05) is 13.8 Å². The Morgan fingerprint density at radius 3 is 2.43 bits per heavy atom. The minimum atomic E-state index is 0. The Hall–Kier alpha value is -0.530. The number of unbranched alkanes of at least 4 members (excludes halogenated alkanes) is 2. The van der Waals surface area contributed by atoms with Crippen LogP contribution < -0.4 is 16.0 Å². The number of halogens is 1. The van der Waals surface area contributed by atoms with Crippen molar-refractivity contribution < 1.29 is 4.79 Å². The highest BCUT2D eigenvalue weighted by Crippen LogP contribution is 1.93. The maximum Gasteiger partial charge on any atom is 0.221 e. The van der Waals surface area contributed by atoms with E-state index in [4.69, 9.17) is 0 Å². The Balaban J connectivity index is 0. The molecule has 0 heterocycles. The summed E-state index contributed by atoms with van der Waals surface area (Å²) >= 11 is 0. The molecule has 1 unspecified atom stereocenters. The number of nitrogens with one attached hydrogen (secondary N) is 3. The van der Waals surface area contributed by atoms with Gasteiger partial charge in [0.05, 0.1) is 0 Å². The van der Waals surface area contributed by atoms with Crippen molar-refractivity contribution in [2.45, 2.75) is 65.8 Å². The van der Waals surface area contributed by atoms with Gasteiger partial charge >= 0.3 is 0 Å². The largest absolute Gasteiger partial charge is 0.357 e. The van der Waals surface area contributed by atoms with Crippen molar-refractivity contribution >= 4 is 35.8 Å². The Labute approximate surface area is 147 Å². The standard InChI is InChI=1S/C15H32N4O.HI/c1-5-8-9-11-17-15(16-7-3)18-12-10-14(20)19-13(4)6-2;/h13H,5-12H2,1-4H3,(H,19,20)(H2,16,17,18);1H. The second-order valence-electron chi connectivity index (χ2n) is 5.02. The Bertz CT molecular complexity index is 285. The van der Waals surface area contributed by atoms with Gasteiger partial charge in [0, 0.05) is 32.1 Å². The first-order valence-electron chi connectivity index (χ1n) is 7.95. The summed E-state index contributed by atoms with van der Waals surface area (Å²) in [7, 11) is 0. The molecule has 6 heteroatoms. The molecule has 0 spiro atoms. The molecule has 0 saturated carbocycles. The van der Waals surface area contributed by atoms with E-state index < -0.39 is 0 Å². The van der Waals surface area contributed by atoms with Crippen molar-refractivity contribution in [3.8, 4) is 0 Å². The highest BCUT2D eigenvalue weighted by molar-refractivity contribution is 14.0. The first-order chi connectivity index (χ1) is 9.63. The van der Waals surface area contributed by atoms with E-state index in [-0.39, 0.29) is 35.9 Å². The SMILES string of the molecule is CCCCCN=C(NCC)NCCC(=O)NC(C)CC.I. The van der Waals surface area contributed by atoms with Gasteiger partial charge in [-0.05, 0) is 26.7 Å². The molecule has 0 aliphatic rings. The summed E-state index contributed by atoms with van der Waals surface area (Å²) in [5.74, 6) is 0.897. The summed E-state index contributed by atoms with van der Waals surface area (Å²) < 4.78 is 0. The first kappa shape index (κ1) is 22.7. The Morgan fingerprint density at radius 1 is 1.14 bits per heavy atom. The first-order valence-corrected chi connectivity index (χ1v) is 7.95. The average Bonchev–Trinajstić information content (AvgIpc) is 2.43. The molecule has 0 radical (unpaired) electrons. The third kappa shape index (κ3) is 14.2. The Kier molecular flexibility index (Phi) is 17.2. The lowest BCUT2D eigenvalue weighted by atomic mass is 10.2. The van der Waals surface area contributed by atoms with Gasteiger partial charge in [0.1, 0.15) is 0 Å². The van der Waals surface area contributed by atoms with Crippen LogP contribution in [0, 0.1) is 0 Å². The molecule has 1 amide bonds. The second-order valence-corrected chi connectivity index (χ2v) is 5.02. The lowest BCUT2D eigenvalue weighted by molar-refractivity contribution is -0.121. The lowest BCUT2D eigenvalue weighted by Gasteiger charge is -2.13. The van der Waals surface area contributed by atoms with E-state index in [1.165, 1.54) is 12.8 Å². The minimum Gasteiger partial charge on any atom is -0.357 e. The molecule has 1 atom stereocenters. The predicted molar refractivity (Wildman–Crippen MR) is 101 cm³/mol. The number of hydrogen-bond donors (Lipinski definition) is 3. The second kappa shape index (κ2) is 15.9. The number of hydrogen-bond acceptors (Lipinski definition) is 2. The molecule has 126 valence electrons. The quantitative estimate of drug-likeness (QED) is 0.224. The van der Waals surface area contributed by atoms with Gasteiger partial charge in [0.25, 0.3) is 0 Å². The van der Waals surface area contributed by atoms with E-state index in [9.17, 15) is 4.79 Å². The van der Waals surface area contributed by atoms with Gasteiger partial charge in [0.2, 0.25) is 5.91 Å². The lowest BCUT2D eigenvalue weighted by Crippen LogP contribution is -2.40. The molecule has 0 fully saturated rings. The number of amides is 1. The molecule has 0 aliphatic heterocycles. The number of rotatable bonds is 10. The van der Waals surface area contributed by atoms with Gasteiger partial charge in [0.15, 0.2) is 5.96 Å². The van der Waals surface area contributed by atoms with Crippen LogP contribution in [0.15, 0.2) is 4.99 Å². The fourth-order valence-corrected chi connectivity index (χ4v) is 1.64. The molecule has 3 N–H and O–H groups in total. The zero-order valence-corrected chi connectivity index (χ0v) is 16.3. The van der Waals surface area contributed by atoms with Gasteiger partial charge in [-0.15, -0.1) is 24.0 Å². The highest BCUT2D eigenvalue weighted by atomic mass is 127. The van der Waals surface area contributed by atoms with E-state index in [2.05, 4.69) is 34.8 Å². The van der Waals surface area contributed by atoms with Crippen LogP contribution in [0.2, 0.25) is 0 Å². The summed E-state index contributed by atoms with van der Waals surface area (Å²) in [5.41, 5.74) is 0. The van der Waals surface area contributed by atoms with E-state index >= 15 is 0 Å². The summed E-state index contributed by atoms with van der Waals surface area (Å²) in [6.07, 6.45) is 4.96. The smallest absolute Gasteiger partial charge is 0.221 e. The normalized spacial score (nSPS) is 12.3. The zero-order chi connectivity index (χ0) is 15.2. The van der Waals surface area contributed by atoms with Gasteiger partial charge in [-0.25, -0.2) is 0 Å². The van der Waals surface area contributed by atoms with Crippen molar-refractivity contribution in [1.82, 2.24) is 16.0 Å². The molecule has 5 nitrogen and oxygen atoms in total. The fourth-order valence-electron chi connectivity index (χ4n) is 1.64. The number of nitrogens with zero attached hydrogens (tertiary/aromatic N) is 1. The molecule has 0 bridgehead atoms. The van der Waals surface area contributed by atoms with Crippen LogP contribution in [0.4, 0.5) is 0 Å². The molecule has 0 aromatic heterocycles. The molecular formula is C15H33IN4O. The van der Waals surface area contributed by atoms with Crippen LogP contribution in [0.1, 0.15) is 59.8 Å². The zero-order valence-electron chi connectivity index (χ0n) is 14.0. The van der Waals surface area contributed by atoms with Gasteiger partial charge in [-0.2, -0.15) is 0 Å². The number of guanidine groups is 1. The van der Waals surface area contributed by atoms with E-state index in [0.717, 1.165) is 31.9 Å². The van der Waals surface area contributed by atoms with Crippen molar-refractivity contribution in [3.63, 3.8) is 0 Å². The average molecular weight is 412 g/mol. The molecule has 0 aromatic carbocycles. The molecule has 0 aromatic rings. The summed E-state index contributed by atoms with van der Waals surface area (Å²) in [4.78, 5) is 16.1. The number of carbonyl (C=O) groups excluding carboxylic acids is 1. The molecule has 0 aliphatic carbocycles. The molecular weight excluding hydrogens is 379 g/mol. The van der Waals surface area contributed by atoms with Crippen LogP contribution >= 0.6 is 24.0 Å². The van der Waals surface area contributed by atoms with Crippen LogP contribution in [0.3, 0.4) is 0 Å². The fraction of sp³-hybridized carbons (Fsp3) is 0.867. The summed E-state index contributed by atoms with van der Waals surface area (Å²) in [6.45, 7) is 10.6. The molecule has 0 saturated heterocycles. The van der Waals surface area contributed by atoms with Crippen molar-refractivity contribution in [3.05, 3.63) is 0 Å². The minimum absolute atomic E-state index is 0. The van der Waals surface area contributed by atoms with Crippen LogP contribution in [-0.4, -0.2) is 37.5 Å². The van der Waals surface area contributed by atoms with Crippen molar-refractivity contribution in [1.29, 1.82) is 0 Å². The maximum atomic E-state index is 11.6. The highest BCUT2D eigenvalue weighted by Gasteiger charge is 2.05. The van der Waals surface area contributed by atoms with E-state index in [0.29, 0.717) is 13.0 Å². The molecule has 21 heavy (non-hydrogen) atoms. The maximum absolute atomic E-state index is 11.6. The number of carbonyl (C=O) groups is 1. The van der Waals surface area contributed by atoms with Crippen LogP contribution in [-0.2, 0) is 4.79 Å². The third-order valence-corrected chi connectivity index (χ3v) is 3.04. The third-order valence-electron chi connectivity index (χ3n) is 3.04. The van der Waals surface area contributed by atoms with Crippen LogP contribution in [0.5, 0.6) is 0 Å². The van der Waals surface area contributed by atoms with Gasteiger partial charge < -0.3 is 16.0 Å². The topological polar surface area (TPSA) is 65.5 Å². The van der Waals surface area contributed by atoms with Crippen molar-refractivity contribution in [2.24, 2.45) is 4.99 Å². The van der Waals surface area contributed by atoms with E-state index in [1.54, 1.807) is 0 Å². The monoisotopic (exact) mass is 412 g/mol. The summed E-state index contributed by atoms with van der Waals surface area (Å²) in [6, 6.07) is 0.249. The predicted octanol–water partition coefficient (Wildman–Crippen LogP) is 2.65. The van der Waals surface area contributed by atoms with Gasteiger partial charge in [-0.1, -0.05) is 26.7 Å². The summed E-state index contributed by atoms with van der Waals surface area (Å²) in [5, 5.41) is 9.35.